The van der Waals surface area contributed by atoms with Crippen LogP contribution in [0.2, 0.25) is 0 Å². The zero-order chi connectivity index (χ0) is 27.2. The maximum absolute atomic E-state index is 12.6. The Hall–Kier alpha value is -3.92. The van der Waals surface area contributed by atoms with Crippen molar-refractivity contribution in [1.82, 2.24) is 25.0 Å². The molecule has 0 unspecified atom stereocenters. The van der Waals surface area contributed by atoms with Gasteiger partial charge in [-0.25, -0.2) is 14.8 Å². The molecule has 2 atom stereocenters. The summed E-state index contributed by atoms with van der Waals surface area (Å²) in [6, 6.07) is 6.02. The van der Waals surface area contributed by atoms with Gasteiger partial charge in [0.2, 0.25) is 5.95 Å². The summed E-state index contributed by atoms with van der Waals surface area (Å²) >= 11 is 0. The topological polar surface area (TPSA) is 129 Å². The van der Waals surface area contributed by atoms with Crippen LogP contribution in [0.5, 0.6) is 0 Å². The fraction of sp³-hybridized carbons (Fsp3) is 0.429. The molecule has 10 nitrogen and oxygen atoms in total. The number of aliphatic hydroxyl groups excluding tert-OH is 1. The van der Waals surface area contributed by atoms with Crippen LogP contribution < -0.4 is 5.32 Å². The molecule has 10 heteroatoms. The maximum atomic E-state index is 12.6. The van der Waals surface area contributed by atoms with Crippen LogP contribution in [0.4, 0.5) is 10.7 Å². The number of ether oxygens (including phenoxy) is 1. The number of aromatic nitrogens is 4. The minimum Gasteiger partial charge on any atom is -0.444 e. The highest BCUT2D eigenvalue weighted by Crippen LogP contribution is 2.34. The lowest BCUT2D eigenvalue weighted by atomic mass is 10.0. The Morgan fingerprint density at radius 1 is 1.24 bits per heavy atom. The fourth-order valence-corrected chi connectivity index (χ4v) is 4.99. The number of anilines is 1. The van der Waals surface area contributed by atoms with Gasteiger partial charge >= 0.3 is 6.09 Å². The summed E-state index contributed by atoms with van der Waals surface area (Å²) in [5, 5.41) is 18.9. The number of aromatic amines is 1. The van der Waals surface area contributed by atoms with Crippen LogP contribution >= 0.6 is 0 Å². The first kappa shape index (κ1) is 25.7. The molecule has 0 bridgehead atoms. The van der Waals surface area contributed by atoms with Gasteiger partial charge in [-0.3, -0.25) is 0 Å². The van der Waals surface area contributed by atoms with Gasteiger partial charge in [0.1, 0.15) is 11.4 Å². The monoisotopic (exact) mass is 518 g/mol. The summed E-state index contributed by atoms with van der Waals surface area (Å²) in [7, 11) is 0. The van der Waals surface area contributed by atoms with Crippen LogP contribution in [0.25, 0.3) is 33.3 Å². The number of amides is 1. The zero-order valence-electron chi connectivity index (χ0n) is 22.6. The van der Waals surface area contributed by atoms with Gasteiger partial charge in [-0.15, -0.1) is 0 Å². The van der Waals surface area contributed by atoms with Crippen molar-refractivity contribution >= 4 is 22.9 Å². The second kappa shape index (κ2) is 9.75. The molecule has 1 aromatic carbocycles. The van der Waals surface area contributed by atoms with E-state index in [1.54, 1.807) is 6.20 Å². The third-order valence-electron chi connectivity index (χ3n) is 6.64. The van der Waals surface area contributed by atoms with Crippen LogP contribution in [0, 0.1) is 20.8 Å². The molecule has 1 aliphatic rings. The SMILES string of the molecule is Cc1cnc(N[C@H]2C[C@@H](O)CN(C(=O)OC(C)(C)C)C2)nc1-c1c[nH]c2cc(-c3c(C)noc3C)ccc12. The van der Waals surface area contributed by atoms with E-state index in [1.165, 1.54) is 4.90 Å². The molecule has 5 rings (SSSR count). The first-order valence-electron chi connectivity index (χ1n) is 12.8. The number of piperidine rings is 1. The van der Waals surface area contributed by atoms with Crippen LogP contribution in [0.3, 0.4) is 0 Å². The number of carbonyl (C=O) groups is 1. The van der Waals surface area contributed by atoms with Gasteiger partial charge < -0.3 is 29.6 Å². The molecule has 0 aliphatic carbocycles. The highest BCUT2D eigenvalue weighted by atomic mass is 16.6. The fourth-order valence-electron chi connectivity index (χ4n) is 4.99. The number of rotatable bonds is 4. The number of carbonyl (C=O) groups excluding carboxylic acids is 1. The summed E-state index contributed by atoms with van der Waals surface area (Å²) in [5.74, 6) is 1.23. The first-order chi connectivity index (χ1) is 18.0. The molecule has 0 saturated carbocycles. The molecular weight excluding hydrogens is 484 g/mol. The van der Waals surface area contributed by atoms with Gasteiger partial charge in [-0.05, 0) is 65.2 Å². The van der Waals surface area contributed by atoms with Crippen LogP contribution in [0.15, 0.2) is 35.1 Å². The normalized spacial score (nSPS) is 18.1. The number of likely N-dealkylation sites (tertiary alicyclic amines) is 1. The maximum Gasteiger partial charge on any atom is 0.410 e. The molecule has 4 aromatic rings. The number of H-pyrrole nitrogens is 1. The Bertz CT molecular complexity index is 1470. The second-order valence-electron chi connectivity index (χ2n) is 11.0. The molecule has 1 aliphatic heterocycles. The Kier molecular flexibility index (Phi) is 6.60. The van der Waals surface area contributed by atoms with Crippen molar-refractivity contribution in [2.24, 2.45) is 0 Å². The van der Waals surface area contributed by atoms with E-state index in [4.69, 9.17) is 14.2 Å². The van der Waals surface area contributed by atoms with Crippen molar-refractivity contribution in [2.75, 3.05) is 18.4 Å². The van der Waals surface area contributed by atoms with E-state index in [2.05, 4.69) is 38.6 Å². The molecule has 38 heavy (non-hydrogen) atoms. The predicted molar refractivity (Wildman–Crippen MR) is 145 cm³/mol. The molecule has 3 N–H and O–H groups in total. The number of β-amino-alcohol motifs (C(OH)–C–C–N with tert-alkyl or cyclic N) is 1. The quantitative estimate of drug-likeness (QED) is 0.345. The number of nitrogens with zero attached hydrogens (tertiary/aromatic N) is 4. The minimum absolute atomic E-state index is 0.220. The number of nitrogens with one attached hydrogen (secondary N) is 2. The molecule has 200 valence electrons. The minimum atomic E-state index is -0.667. The Morgan fingerprint density at radius 3 is 2.74 bits per heavy atom. The smallest absolute Gasteiger partial charge is 0.410 e. The summed E-state index contributed by atoms with van der Waals surface area (Å²) < 4.78 is 10.8. The number of benzene rings is 1. The summed E-state index contributed by atoms with van der Waals surface area (Å²) in [4.78, 5) is 26.8. The highest BCUT2D eigenvalue weighted by molar-refractivity contribution is 5.97. The van der Waals surface area contributed by atoms with E-state index < -0.39 is 17.8 Å². The lowest BCUT2D eigenvalue weighted by Gasteiger charge is -2.36. The number of hydrogen-bond donors (Lipinski definition) is 3. The average molecular weight is 519 g/mol. The van der Waals surface area contributed by atoms with Gasteiger partial charge in [-0.1, -0.05) is 17.3 Å². The van der Waals surface area contributed by atoms with Crippen LogP contribution in [0.1, 0.15) is 44.2 Å². The van der Waals surface area contributed by atoms with Gasteiger partial charge in [0.15, 0.2) is 0 Å². The molecule has 3 aromatic heterocycles. The van der Waals surface area contributed by atoms with E-state index in [-0.39, 0.29) is 12.6 Å². The predicted octanol–water partition coefficient (Wildman–Crippen LogP) is 4.99. The number of fused-ring (bicyclic) bond motifs is 1. The number of hydrogen-bond acceptors (Lipinski definition) is 8. The molecular formula is C28H34N6O4. The van der Waals surface area contributed by atoms with Crippen molar-refractivity contribution < 1.29 is 19.2 Å². The Morgan fingerprint density at radius 2 is 2.03 bits per heavy atom. The van der Waals surface area contributed by atoms with Crippen molar-refractivity contribution in [2.45, 2.75) is 65.7 Å². The third-order valence-corrected chi connectivity index (χ3v) is 6.64. The van der Waals surface area contributed by atoms with Crippen LogP contribution in [-0.4, -0.2) is 67.0 Å². The average Bonchev–Trinajstić information content (AvgIpc) is 3.40. The lowest BCUT2D eigenvalue weighted by molar-refractivity contribution is 0.00176. The van der Waals surface area contributed by atoms with Gasteiger partial charge in [0.05, 0.1) is 24.0 Å². The summed E-state index contributed by atoms with van der Waals surface area (Å²) in [6.45, 7) is 11.9. The second-order valence-corrected chi connectivity index (χ2v) is 11.0. The van der Waals surface area contributed by atoms with Crippen molar-refractivity contribution in [3.05, 3.63) is 47.6 Å². The molecule has 4 heterocycles. The van der Waals surface area contributed by atoms with Gasteiger partial charge in [-0.2, -0.15) is 0 Å². The standard InChI is InChI=1S/C28H34N6O4/c1-15-11-30-26(31-19-10-20(35)14-34(13-19)27(36)37-28(4,5)6)32-25(15)22-12-29-23-9-18(7-8-21(22)23)24-16(2)33-38-17(24)3/h7-9,11-12,19-20,29,35H,10,13-14H2,1-6H3,(H,30,31,32)/t19-,20+/m0/s1. The number of aryl methyl sites for hydroxylation is 3. The summed E-state index contributed by atoms with van der Waals surface area (Å²) in [6.07, 6.45) is 3.11. The van der Waals surface area contributed by atoms with E-state index in [1.807, 2.05) is 47.7 Å². The Balaban J connectivity index is 1.39. The lowest BCUT2D eigenvalue weighted by Crippen LogP contribution is -2.52. The van der Waals surface area contributed by atoms with Crippen molar-refractivity contribution in [3.8, 4) is 22.4 Å². The number of aliphatic hydroxyl groups is 1. The van der Waals surface area contributed by atoms with Crippen molar-refractivity contribution in [3.63, 3.8) is 0 Å². The van der Waals surface area contributed by atoms with Gasteiger partial charge in [0.25, 0.3) is 0 Å². The largest absolute Gasteiger partial charge is 0.444 e. The van der Waals surface area contributed by atoms with E-state index in [0.717, 1.165) is 50.3 Å². The third kappa shape index (κ3) is 5.22. The highest BCUT2D eigenvalue weighted by Gasteiger charge is 2.32. The van der Waals surface area contributed by atoms with E-state index >= 15 is 0 Å². The molecule has 1 saturated heterocycles. The molecule has 1 amide bonds. The first-order valence-corrected chi connectivity index (χ1v) is 12.8. The van der Waals surface area contributed by atoms with E-state index in [9.17, 15) is 9.90 Å². The summed E-state index contributed by atoms with van der Waals surface area (Å²) in [5.41, 5.74) is 5.97. The van der Waals surface area contributed by atoms with E-state index in [0.29, 0.717) is 18.9 Å². The molecule has 1 fully saturated rings. The zero-order valence-corrected chi connectivity index (χ0v) is 22.6. The van der Waals surface area contributed by atoms with Crippen LogP contribution in [-0.2, 0) is 4.74 Å². The Labute approximate surface area is 221 Å². The molecule has 0 spiro atoms. The van der Waals surface area contributed by atoms with Crippen molar-refractivity contribution in [1.29, 1.82) is 0 Å². The van der Waals surface area contributed by atoms with Gasteiger partial charge in [0, 0.05) is 47.0 Å². The molecule has 0 radical (unpaired) electrons.